The summed E-state index contributed by atoms with van der Waals surface area (Å²) in [7, 11) is -0.271. The largest absolute Gasteiger partial charge is 0.410 e. The maximum atomic E-state index is 12.0. The second-order valence-electron chi connectivity index (χ2n) is 9.46. The number of rotatable bonds is 14. The molecule has 0 fully saturated rings. The Bertz CT molecular complexity index is 549. The molecule has 0 aromatic rings. The summed E-state index contributed by atoms with van der Waals surface area (Å²) in [5.41, 5.74) is 1.12. The SMILES string of the molecule is C=CCCCCC(=O)NCC(C)=C[C@@H](C)[C@H](O[Si](C)(C)C(C)(C)C)[C@H](C=C)OC. The molecule has 0 unspecified atom stereocenters. The minimum Gasteiger partial charge on any atom is -0.410 e. The number of carbonyl (C=O) groups excluding carboxylic acids is 1. The van der Waals surface area contributed by atoms with Crippen molar-refractivity contribution in [3.05, 3.63) is 37.0 Å². The van der Waals surface area contributed by atoms with Crippen molar-refractivity contribution in [2.24, 2.45) is 5.92 Å². The summed E-state index contributed by atoms with van der Waals surface area (Å²) in [6.07, 6.45) is 9.05. The lowest BCUT2D eigenvalue weighted by Gasteiger charge is -2.42. The fourth-order valence-electron chi connectivity index (χ4n) is 2.86. The third kappa shape index (κ3) is 10.4. The Morgan fingerprint density at radius 1 is 1.21 bits per heavy atom. The van der Waals surface area contributed by atoms with Gasteiger partial charge in [0.25, 0.3) is 0 Å². The highest BCUT2D eigenvalue weighted by atomic mass is 28.4. The van der Waals surface area contributed by atoms with Crippen molar-refractivity contribution in [1.82, 2.24) is 5.32 Å². The molecule has 0 bridgehead atoms. The second-order valence-corrected chi connectivity index (χ2v) is 14.2. The van der Waals surface area contributed by atoms with Crippen LogP contribution < -0.4 is 5.32 Å². The summed E-state index contributed by atoms with van der Waals surface area (Å²) in [5, 5.41) is 3.13. The molecule has 0 aromatic carbocycles. The van der Waals surface area contributed by atoms with Gasteiger partial charge in [-0.15, -0.1) is 13.2 Å². The zero-order valence-corrected chi connectivity index (χ0v) is 21.1. The van der Waals surface area contributed by atoms with Gasteiger partial charge in [0.1, 0.15) is 6.10 Å². The highest BCUT2D eigenvalue weighted by Gasteiger charge is 2.41. The Labute approximate surface area is 181 Å². The van der Waals surface area contributed by atoms with E-state index in [1.54, 1.807) is 7.11 Å². The quantitative estimate of drug-likeness (QED) is 0.211. The molecule has 1 amide bonds. The van der Waals surface area contributed by atoms with Crippen LogP contribution in [0.4, 0.5) is 0 Å². The standard InChI is InChI=1S/C24H45NO3Si/c1-11-13-14-15-16-22(26)25-18-19(3)17-20(4)23(21(12-2)27-8)28-29(9,10)24(5,6)7/h11-12,17,20-21,23H,1-2,13-16,18H2,3-10H3,(H,25,26)/t20-,21+,23+/m1/s1. The van der Waals surface area contributed by atoms with Gasteiger partial charge in [-0.2, -0.15) is 0 Å². The highest BCUT2D eigenvalue weighted by molar-refractivity contribution is 6.74. The van der Waals surface area contributed by atoms with Gasteiger partial charge in [-0.1, -0.05) is 51.5 Å². The number of hydrogen-bond acceptors (Lipinski definition) is 3. The van der Waals surface area contributed by atoms with Crippen molar-refractivity contribution < 1.29 is 14.0 Å². The van der Waals surface area contributed by atoms with Gasteiger partial charge >= 0.3 is 0 Å². The van der Waals surface area contributed by atoms with Crippen molar-refractivity contribution >= 4 is 14.2 Å². The molecule has 0 saturated heterocycles. The Balaban J connectivity index is 5.05. The number of carbonyl (C=O) groups is 1. The molecule has 29 heavy (non-hydrogen) atoms. The van der Waals surface area contributed by atoms with Gasteiger partial charge in [-0.3, -0.25) is 4.79 Å². The zero-order valence-electron chi connectivity index (χ0n) is 20.1. The molecule has 0 aliphatic rings. The topological polar surface area (TPSA) is 47.6 Å². The van der Waals surface area contributed by atoms with Crippen LogP contribution in [0, 0.1) is 5.92 Å². The van der Waals surface area contributed by atoms with Gasteiger partial charge in [0.05, 0.1) is 6.10 Å². The van der Waals surface area contributed by atoms with Crippen LogP contribution in [-0.4, -0.2) is 40.1 Å². The summed E-state index contributed by atoms with van der Waals surface area (Å²) in [6.45, 7) is 23.6. The fraction of sp³-hybridized carbons (Fsp3) is 0.708. The minimum absolute atomic E-state index is 0.101. The molecule has 0 saturated carbocycles. The van der Waals surface area contributed by atoms with Gasteiger partial charge < -0.3 is 14.5 Å². The van der Waals surface area contributed by atoms with Crippen LogP contribution in [-0.2, 0) is 14.0 Å². The van der Waals surface area contributed by atoms with E-state index in [2.05, 4.69) is 65.3 Å². The smallest absolute Gasteiger partial charge is 0.220 e. The van der Waals surface area contributed by atoms with Gasteiger partial charge in [0.2, 0.25) is 5.91 Å². The lowest BCUT2D eigenvalue weighted by molar-refractivity contribution is -0.121. The molecule has 4 nitrogen and oxygen atoms in total. The van der Waals surface area contributed by atoms with Crippen LogP contribution in [0.3, 0.4) is 0 Å². The molecular weight excluding hydrogens is 378 g/mol. The van der Waals surface area contributed by atoms with Crippen LogP contribution in [0.15, 0.2) is 37.0 Å². The first kappa shape index (κ1) is 27.8. The molecular formula is C24H45NO3Si. The summed E-state index contributed by atoms with van der Waals surface area (Å²) in [4.78, 5) is 12.0. The average molecular weight is 424 g/mol. The molecule has 0 spiro atoms. The van der Waals surface area contributed by atoms with E-state index < -0.39 is 8.32 Å². The maximum Gasteiger partial charge on any atom is 0.220 e. The van der Waals surface area contributed by atoms with E-state index in [-0.39, 0.29) is 29.1 Å². The molecule has 0 aliphatic carbocycles. The summed E-state index contributed by atoms with van der Waals surface area (Å²) >= 11 is 0. The molecule has 0 aliphatic heterocycles. The lowest BCUT2D eigenvalue weighted by Crippen LogP contribution is -2.49. The second kappa shape index (κ2) is 13.2. The van der Waals surface area contributed by atoms with E-state index in [0.29, 0.717) is 13.0 Å². The number of unbranched alkanes of at least 4 members (excludes halogenated alkanes) is 2. The molecule has 3 atom stereocenters. The maximum absolute atomic E-state index is 12.0. The number of hydrogen-bond donors (Lipinski definition) is 1. The fourth-order valence-corrected chi connectivity index (χ4v) is 4.24. The van der Waals surface area contributed by atoms with Crippen LogP contribution in [0.5, 0.6) is 0 Å². The monoisotopic (exact) mass is 423 g/mol. The van der Waals surface area contributed by atoms with Crippen molar-refractivity contribution in [3.8, 4) is 0 Å². The van der Waals surface area contributed by atoms with Gasteiger partial charge in [0.15, 0.2) is 8.32 Å². The summed E-state index contributed by atoms with van der Waals surface area (Å²) in [5.74, 6) is 0.237. The van der Waals surface area contributed by atoms with Crippen molar-refractivity contribution in [3.63, 3.8) is 0 Å². The van der Waals surface area contributed by atoms with Gasteiger partial charge in [0, 0.05) is 26.0 Å². The number of allylic oxidation sites excluding steroid dienone is 1. The number of ether oxygens (including phenoxy) is 1. The van der Waals surface area contributed by atoms with Crippen LogP contribution in [0.1, 0.15) is 60.3 Å². The normalized spacial score (nSPS) is 16.1. The van der Waals surface area contributed by atoms with Gasteiger partial charge in [-0.25, -0.2) is 0 Å². The summed E-state index contributed by atoms with van der Waals surface area (Å²) in [6, 6.07) is 0. The third-order valence-electron chi connectivity index (χ3n) is 5.76. The van der Waals surface area contributed by atoms with E-state index in [9.17, 15) is 4.79 Å². The van der Waals surface area contributed by atoms with E-state index >= 15 is 0 Å². The van der Waals surface area contributed by atoms with Crippen molar-refractivity contribution in [2.45, 2.75) is 90.6 Å². The Morgan fingerprint density at radius 3 is 2.31 bits per heavy atom. The van der Waals surface area contributed by atoms with Gasteiger partial charge in [-0.05, 0) is 44.3 Å². The third-order valence-corrected chi connectivity index (χ3v) is 10.2. The highest BCUT2D eigenvalue weighted by Crippen LogP contribution is 2.39. The van der Waals surface area contributed by atoms with Crippen LogP contribution >= 0.6 is 0 Å². The number of amides is 1. The first-order valence-corrected chi connectivity index (χ1v) is 13.7. The lowest BCUT2D eigenvalue weighted by atomic mass is 9.97. The predicted molar refractivity (Wildman–Crippen MR) is 128 cm³/mol. The Kier molecular flexibility index (Phi) is 12.7. The first-order valence-electron chi connectivity index (χ1n) is 10.8. The molecule has 0 rings (SSSR count). The molecule has 168 valence electrons. The Hall–Kier alpha value is -1.17. The Morgan fingerprint density at radius 2 is 1.83 bits per heavy atom. The van der Waals surface area contributed by atoms with E-state index in [4.69, 9.17) is 9.16 Å². The zero-order chi connectivity index (χ0) is 22.7. The van der Waals surface area contributed by atoms with Crippen LogP contribution in [0.2, 0.25) is 18.1 Å². The van der Waals surface area contributed by atoms with Crippen molar-refractivity contribution in [1.29, 1.82) is 0 Å². The predicted octanol–water partition coefficient (Wildman–Crippen LogP) is 6.02. The van der Waals surface area contributed by atoms with E-state index in [1.807, 2.05) is 19.1 Å². The number of methoxy groups -OCH3 is 1. The molecule has 0 heterocycles. The van der Waals surface area contributed by atoms with E-state index in [1.165, 1.54) is 0 Å². The molecule has 1 N–H and O–H groups in total. The van der Waals surface area contributed by atoms with Crippen LogP contribution in [0.25, 0.3) is 0 Å². The number of nitrogens with one attached hydrogen (secondary N) is 1. The van der Waals surface area contributed by atoms with E-state index in [0.717, 1.165) is 24.8 Å². The molecule has 0 aromatic heterocycles. The minimum atomic E-state index is -1.97. The summed E-state index contributed by atoms with van der Waals surface area (Å²) < 4.78 is 12.4. The average Bonchev–Trinajstić information content (AvgIpc) is 2.62. The molecule has 5 heteroatoms. The molecule has 0 radical (unpaired) electrons. The first-order chi connectivity index (χ1) is 13.4. The van der Waals surface area contributed by atoms with Crippen molar-refractivity contribution in [2.75, 3.05) is 13.7 Å².